The van der Waals surface area contributed by atoms with Crippen LogP contribution < -0.4 is 0 Å². The van der Waals surface area contributed by atoms with E-state index in [1.165, 1.54) is 6.07 Å². The van der Waals surface area contributed by atoms with E-state index in [4.69, 9.17) is 11.6 Å². The van der Waals surface area contributed by atoms with Crippen molar-refractivity contribution in [2.75, 3.05) is 33.2 Å². The lowest BCUT2D eigenvalue weighted by Gasteiger charge is -2.34. The van der Waals surface area contributed by atoms with Crippen LogP contribution in [-0.4, -0.2) is 48.9 Å². The van der Waals surface area contributed by atoms with Gasteiger partial charge in [-0.25, -0.2) is 4.39 Å². The number of carbonyl (C=O) groups excluding carboxylic acids is 1. The summed E-state index contributed by atoms with van der Waals surface area (Å²) in [7, 11) is 1.84. The van der Waals surface area contributed by atoms with E-state index < -0.39 is 0 Å². The molecule has 144 valence electrons. The molecule has 0 spiro atoms. The molecule has 5 heteroatoms. The lowest BCUT2D eigenvalue weighted by molar-refractivity contribution is 0.0740. The molecule has 2 aromatic rings. The summed E-state index contributed by atoms with van der Waals surface area (Å²) in [5.74, 6) is 0.348. The number of likely N-dealkylation sites (tertiary alicyclic amines) is 1. The van der Waals surface area contributed by atoms with E-state index in [0.29, 0.717) is 16.5 Å². The van der Waals surface area contributed by atoms with Crippen LogP contribution in [0.3, 0.4) is 0 Å². The van der Waals surface area contributed by atoms with Gasteiger partial charge < -0.3 is 9.80 Å². The molecule has 1 aliphatic rings. The first-order valence-electron chi connectivity index (χ1n) is 9.50. The van der Waals surface area contributed by atoms with Crippen LogP contribution >= 0.6 is 11.6 Å². The third-order valence-corrected chi connectivity index (χ3v) is 5.67. The van der Waals surface area contributed by atoms with Crippen LogP contribution in [0, 0.1) is 11.7 Å². The number of carbonyl (C=O) groups is 1. The van der Waals surface area contributed by atoms with Gasteiger partial charge in [0.25, 0.3) is 5.91 Å². The first-order valence-corrected chi connectivity index (χ1v) is 9.88. The minimum Gasteiger partial charge on any atom is -0.341 e. The van der Waals surface area contributed by atoms with Gasteiger partial charge in [0.1, 0.15) is 5.82 Å². The molecule has 27 heavy (non-hydrogen) atoms. The van der Waals surface area contributed by atoms with Crippen molar-refractivity contribution in [1.29, 1.82) is 0 Å². The van der Waals surface area contributed by atoms with Gasteiger partial charge in [-0.05, 0) is 62.0 Å². The fourth-order valence-electron chi connectivity index (χ4n) is 3.68. The molecule has 3 nitrogen and oxygen atoms in total. The molecule has 1 amide bonds. The molecular weight excluding hydrogens is 363 g/mol. The van der Waals surface area contributed by atoms with Crippen molar-refractivity contribution in [1.82, 2.24) is 9.80 Å². The lowest BCUT2D eigenvalue weighted by atomic mass is 9.95. The second-order valence-corrected chi connectivity index (χ2v) is 7.70. The number of piperidine rings is 1. The van der Waals surface area contributed by atoms with Crippen molar-refractivity contribution in [2.45, 2.75) is 19.3 Å². The van der Waals surface area contributed by atoms with Crippen LogP contribution in [0.1, 0.15) is 28.8 Å². The van der Waals surface area contributed by atoms with Crippen LogP contribution in [0.4, 0.5) is 4.39 Å². The van der Waals surface area contributed by atoms with Gasteiger partial charge >= 0.3 is 0 Å². The molecule has 0 aromatic heterocycles. The second kappa shape index (κ2) is 9.34. The smallest absolute Gasteiger partial charge is 0.255 e. The number of hydrogen-bond acceptors (Lipinski definition) is 2. The predicted molar refractivity (Wildman–Crippen MR) is 108 cm³/mol. The Kier molecular flexibility index (Phi) is 6.86. The van der Waals surface area contributed by atoms with Gasteiger partial charge in [0.05, 0.1) is 10.6 Å². The fourth-order valence-corrected chi connectivity index (χ4v) is 3.90. The molecule has 0 radical (unpaired) electrons. The Labute approximate surface area is 165 Å². The Bertz CT molecular complexity index is 774. The van der Waals surface area contributed by atoms with Gasteiger partial charge in [-0.15, -0.1) is 0 Å². The summed E-state index contributed by atoms with van der Waals surface area (Å²) in [6.07, 6.45) is 2.84. The zero-order chi connectivity index (χ0) is 19.2. The molecule has 2 aromatic carbocycles. The van der Waals surface area contributed by atoms with Crippen LogP contribution in [0.25, 0.3) is 0 Å². The molecule has 0 unspecified atom stereocenters. The van der Waals surface area contributed by atoms with Crippen molar-refractivity contribution in [3.05, 3.63) is 70.5 Å². The van der Waals surface area contributed by atoms with Gasteiger partial charge in [-0.2, -0.15) is 0 Å². The maximum Gasteiger partial charge on any atom is 0.255 e. The maximum atomic E-state index is 13.7. The Balaban J connectivity index is 1.44. The highest BCUT2D eigenvalue weighted by atomic mass is 35.5. The molecule has 1 fully saturated rings. The standard InChI is InChI=1S/C22H26ClFN2O/c1-25(22(27)19-7-3-4-8-20(19)23)16-17-10-13-26(14-11-17)15-12-18-6-2-5-9-21(18)24/h2-9,17H,10-16H2,1H3. The molecular formula is C22H26ClFN2O. The summed E-state index contributed by atoms with van der Waals surface area (Å²) in [6.45, 7) is 3.60. The zero-order valence-corrected chi connectivity index (χ0v) is 16.5. The minimum atomic E-state index is -0.118. The molecule has 0 saturated carbocycles. The molecule has 3 rings (SSSR count). The maximum absolute atomic E-state index is 13.7. The molecule has 0 bridgehead atoms. The van der Waals surface area contributed by atoms with E-state index in [9.17, 15) is 9.18 Å². The third-order valence-electron chi connectivity index (χ3n) is 5.35. The number of halogens is 2. The highest BCUT2D eigenvalue weighted by molar-refractivity contribution is 6.33. The summed E-state index contributed by atoms with van der Waals surface area (Å²) >= 11 is 6.14. The van der Waals surface area contributed by atoms with Gasteiger partial charge in [0.2, 0.25) is 0 Å². The van der Waals surface area contributed by atoms with E-state index in [-0.39, 0.29) is 11.7 Å². The highest BCUT2D eigenvalue weighted by Gasteiger charge is 2.23. The van der Waals surface area contributed by atoms with E-state index in [1.54, 1.807) is 23.1 Å². The monoisotopic (exact) mass is 388 g/mol. The largest absolute Gasteiger partial charge is 0.341 e. The Morgan fingerprint density at radius 2 is 1.81 bits per heavy atom. The SMILES string of the molecule is CN(CC1CCN(CCc2ccccc2F)CC1)C(=O)c1ccccc1Cl. The fraction of sp³-hybridized carbons (Fsp3) is 0.409. The summed E-state index contributed by atoms with van der Waals surface area (Å²) < 4.78 is 13.7. The van der Waals surface area contributed by atoms with Crippen LogP contribution in [0.2, 0.25) is 5.02 Å². The normalized spacial score (nSPS) is 15.7. The van der Waals surface area contributed by atoms with E-state index in [0.717, 1.165) is 51.0 Å². The summed E-state index contributed by atoms with van der Waals surface area (Å²) in [5.41, 5.74) is 1.34. The van der Waals surface area contributed by atoms with Crippen molar-refractivity contribution in [3.63, 3.8) is 0 Å². The average Bonchev–Trinajstić information content (AvgIpc) is 2.68. The number of rotatable bonds is 6. The zero-order valence-electron chi connectivity index (χ0n) is 15.7. The van der Waals surface area contributed by atoms with Gasteiger partial charge in [-0.3, -0.25) is 4.79 Å². The van der Waals surface area contributed by atoms with Crippen molar-refractivity contribution < 1.29 is 9.18 Å². The Morgan fingerprint density at radius 3 is 2.52 bits per heavy atom. The van der Waals surface area contributed by atoms with Gasteiger partial charge in [0.15, 0.2) is 0 Å². The first-order chi connectivity index (χ1) is 13.0. The van der Waals surface area contributed by atoms with E-state index >= 15 is 0 Å². The van der Waals surface area contributed by atoms with Gasteiger partial charge in [-0.1, -0.05) is 41.9 Å². The van der Waals surface area contributed by atoms with Crippen LogP contribution in [-0.2, 0) is 6.42 Å². The van der Waals surface area contributed by atoms with Crippen molar-refractivity contribution in [2.24, 2.45) is 5.92 Å². The molecule has 1 saturated heterocycles. The Hall–Kier alpha value is -1.91. The lowest BCUT2D eigenvalue weighted by Crippen LogP contribution is -2.40. The van der Waals surface area contributed by atoms with E-state index in [2.05, 4.69) is 4.90 Å². The number of hydrogen-bond donors (Lipinski definition) is 0. The Morgan fingerprint density at radius 1 is 1.15 bits per heavy atom. The molecule has 0 N–H and O–H groups in total. The van der Waals surface area contributed by atoms with E-state index in [1.807, 2.05) is 31.3 Å². The second-order valence-electron chi connectivity index (χ2n) is 7.29. The average molecular weight is 389 g/mol. The van der Waals surface area contributed by atoms with Crippen molar-refractivity contribution in [3.8, 4) is 0 Å². The number of amides is 1. The highest BCUT2D eigenvalue weighted by Crippen LogP contribution is 2.21. The quantitative estimate of drug-likeness (QED) is 0.727. The van der Waals surface area contributed by atoms with Crippen LogP contribution in [0.15, 0.2) is 48.5 Å². The number of nitrogens with zero attached hydrogens (tertiary/aromatic N) is 2. The summed E-state index contributed by atoms with van der Waals surface area (Å²) in [5, 5.41) is 0.498. The molecule has 1 heterocycles. The summed E-state index contributed by atoms with van der Waals surface area (Å²) in [6, 6.07) is 14.2. The molecule has 0 aliphatic carbocycles. The van der Waals surface area contributed by atoms with Crippen molar-refractivity contribution >= 4 is 17.5 Å². The minimum absolute atomic E-state index is 0.0254. The summed E-state index contributed by atoms with van der Waals surface area (Å²) in [4.78, 5) is 16.8. The number of benzene rings is 2. The van der Waals surface area contributed by atoms with Gasteiger partial charge in [0, 0.05) is 20.1 Å². The third kappa shape index (κ3) is 5.30. The van der Waals surface area contributed by atoms with Crippen LogP contribution in [0.5, 0.6) is 0 Å². The topological polar surface area (TPSA) is 23.6 Å². The predicted octanol–water partition coefficient (Wildman–Crippen LogP) is 4.51. The molecule has 1 aliphatic heterocycles. The first kappa shape index (κ1) is 19.8. The molecule has 0 atom stereocenters.